The van der Waals surface area contributed by atoms with Crippen LogP contribution in [0.3, 0.4) is 0 Å². The molecular formula is C30H34F3N3O4. The van der Waals surface area contributed by atoms with Gasteiger partial charge in [-0.05, 0) is 42.4 Å². The van der Waals surface area contributed by atoms with Gasteiger partial charge in [-0.3, -0.25) is 9.59 Å². The molecule has 0 spiro atoms. The summed E-state index contributed by atoms with van der Waals surface area (Å²) in [5, 5.41) is 16.1. The first-order valence-corrected chi connectivity index (χ1v) is 13.5. The first kappa shape index (κ1) is 29.2. The second-order valence-electron chi connectivity index (χ2n) is 10.6. The molecule has 10 heteroatoms. The Balaban J connectivity index is 1.63. The molecule has 0 aliphatic heterocycles. The summed E-state index contributed by atoms with van der Waals surface area (Å²) in [7, 11) is 0. The third-order valence-electron chi connectivity index (χ3n) is 8.11. The summed E-state index contributed by atoms with van der Waals surface area (Å²) in [5.74, 6) is -3.03. The number of H-pyrrole nitrogens is 1. The first-order chi connectivity index (χ1) is 18.9. The lowest BCUT2D eigenvalue weighted by Crippen LogP contribution is -2.62. The van der Waals surface area contributed by atoms with E-state index in [1.807, 2.05) is 44.2 Å². The van der Waals surface area contributed by atoms with Gasteiger partial charge in [0.2, 0.25) is 11.8 Å². The second kappa shape index (κ2) is 11.3. The number of alkyl halides is 3. The monoisotopic (exact) mass is 557 g/mol. The Labute approximate surface area is 230 Å². The van der Waals surface area contributed by atoms with Crippen molar-refractivity contribution in [1.29, 1.82) is 0 Å². The van der Waals surface area contributed by atoms with Crippen LogP contribution >= 0.6 is 0 Å². The van der Waals surface area contributed by atoms with Gasteiger partial charge in [0.25, 0.3) is 0 Å². The Morgan fingerprint density at radius 1 is 1.02 bits per heavy atom. The summed E-state index contributed by atoms with van der Waals surface area (Å²) in [6.07, 6.45) is -3.59. The minimum absolute atomic E-state index is 0.0159. The number of carboxylic acids is 1. The highest BCUT2D eigenvalue weighted by molar-refractivity contribution is 5.95. The van der Waals surface area contributed by atoms with E-state index in [1.165, 1.54) is 12.1 Å². The van der Waals surface area contributed by atoms with Gasteiger partial charge >= 0.3 is 12.1 Å². The van der Waals surface area contributed by atoms with Gasteiger partial charge in [0.15, 0.2) is 0 Å². The van der Waals surface area contributed by atoms with Crippen LogP contribution in [0.1, 0.15) is 68.3 Å². The zero-order valence-electron chi connectivity index (χ0n) is 22.7. The van der Waals surface area contributed by atoms with Crippen molar-refractivity contribution in [1.82, 2.24) is 15.6 Å². The molecule has 4 atom stereocenters. The maximum atomic E-state index is 13.7. The molecular weight excluding hydrogens is 523 g/mol. The molecule has 2 unspecified atom stereocenters. The highest BCUT2D eigenvalue weighted by Crippen LogP contribution is 2.40. The van der Waals surface area contributed by atoms with Crippen molar-refractivity contribution in [2.24, 2.45) is 5.92 Å². The van der Waals surface area contributed by atoms with Crippen molar-refractivity contribution in [3.63, 3.8) is 0 Å². The van der Waals surface area contributed by atoms with E-state index in [2.05, 4.69) is 15.6 Å². The fraction of sp³-hybridized carbons (Fsp3) is 0.433. The van der Waals surface area contributed by atoms with Crippen LogP contribution in [0.25, 0.3) is 10.9 Å². The summed E-state index contributed by atoms with van der Waals surface area (Å²) in [6.45, 7) is 5.55. The van der Waals surface area contributed by atoms with Crippen LogP contribution in [-0.4, -0.2) is 39.5 Å². The van der Waals surface area contributed by atoms with E-state index in [9.17, 15) is 32.7 Å². The fourth-order valence-electron chi connectivity index (χ4n) is 5.58. The number of carbonyl (C=O) groups is 3. The van der Waals surface area contributed by atoms with Crippen LogP contribution in [0.2, 0.25) is 0 Å². The van der Waals surface area contributed by atoms with E-state index in [0.717, 1.165) is 11.6 Å². The molecule has 0 bridgehead atoms. The van der Waals surface area contributed by atoms with Crippen LogP contribution in [-0.2, 0) is 33.4 Å². The third-order valence-corrected chi connectivity index (χ3v) is 8.11. The number of carboxylic acid groups (broad SMARTS) is 1. The molecule has 0 fully saturated rings. The van der Waals surface area contributed by atoms with Crippen LogP contribution in [0.5, 0.6) is 0 Å². The van der Waals surface area contributed by atoms with E-state index in [1.54, 1.807) is 6.92 Å². The quantitative estimate of drug-likeness (QED) is 0.285. The van der Waals surface area contributed by atoms with Gasteiger partial charge in [-0.1, -0.05) is 69.7 Å². The molecule has 7 nitrogen and oxygen atoms in total. The first-order valence-electron chi connectivity index (χ1n) is 13.5. The highest BCUT2D eigenvalue weighted by Gasteiger charge is 2.46. The van der Waals surface area contributed by atoms with Crippen LogP contribution in [0.15, 0.2) is 48.5 Å². The lowest BCUT2D eigenvalue weighted by atomic mass is 9.79. The molecule has 40 heavy (non-hydrogen) atoms. The zero-order valence-corrected chi connectivity index (χ0v) is 22.7. The number of rotatable bonds is 9. The van der Waals surface area contributed by atoms with Crippen LogP contribution < -0.4 is 10.6 Å². The molecule has 1 heterocycles. The number of amides is 2. The number of para-hydroxylation sites is 1. The maximum absolute atomic E-state index is 13.7. The second-order valence-corrected chi connectivity index (χ2v) is 10.6. The normalized spacial score (nSPS) is 19.4. The third kappa shape index (κ3) is 5.57. The smallest absolute Gasteiger partial charge is 0.418 e. The predicted octanol–water partition coefficient (Wildman–Crippen LogP) is 5.34. The standard InChI is InChI=1S/C30H34F3N3O4/c1-4-17(3)24(35-26(37)19(5-2)18-10-7-6-8-11-18)27(38)36-29(28(39)40)15-14-23-21(16-29)20-12-9-13-22(25(20)34-23)30(31,32)33/h6-13,17,19,24,34H,4-5,14-16H2,1-3H3,(H,35,37)(H,36,38)(H,39,40)/t17?,19-,24?,29-/m1/s1. The number of carbonyl (C=O) groups excluding carboxylic acids is 2. The number of nitrogens with one attached hydrogen (secondary N) is 3. The van der Waals surface area contributed by atoms with E-state index < -0.39 is 41.1 Å². The number of hydrogen-bond donors (Lipinski definition) is 4. The van der Waals surface area contributed by atoms with Crippen molar-refractivity contribution in [3.8, 4) is 0 Å². The van der Waals surface area contributed by atoms with E-state index in [-0.39, 0.29) is 42.0 Å². The molecule has 4 N–H and O–H groups in total. The minimum atomic E-state index is -4.58. The number of hydrogen-bond acceptors (Lipinski definition) is 3. The average Bonchev–Trinajstić information content (AvgIpc) is 3.29. The van der Waals surface area contributed by atoms with E-state index in [0.29, 0.717) is 24.1 Å². The summed E-state index contributed by atoms with van der Waals surface area (Å²) >= 11 is 0. The molecule has 2 amide bonds. The number of fused-ring (bicyclic) bond motifs is 3. The van der Waals surface area contributed by atoms with Gasteiger partial charge in [-0.25, -0.2) is 4.79 Å². The van der Waals surface area contributed by atoms with Gasteiger partial charge in [0.1, 0.15) is 11.6 Å². The highest BCUT2D eigenvalue weighted by atomic mass is 19.4. The predicted molar refractivity (Wildman–Crippen MR) is 145 cm³/mol. The number of halogens is 3. The SMILES string of the molecule is CCC(C)C(NC(=O)[C@H](CC)c1ccccc1)C(=O)N[C@]1(C(=O)O)CCc2[nH]c3c(C(F)(F)F)cccc3c2C1. The lowest BCUT2D eigenvalue weighted by molar-refractivity contribution is -0.149. The molecule has 2 aromatic carbocycles. The molecule has 214 valence electrons. The topological polar surface area (TPSA) is 111 Å². The van der Waals surface area contributed by atoms with Crippen LogP contribution in [0, 0.1) is 5.92 Å². The van der Waals surface area contributed by atoms with Crippen molar-refractivity contribution in [2.45, 2.75) is 76.6 Å². The molecule has 3 aromatic rings. The van der Waals surface area contributed by atoms with Crippen LogP contribution in [0.4, 0.5) is 13.2 Å². The summed E-state index contributed by atoms with van der Waals surface area (Å²) < 4.78 is 40.9. The number of aliphatic carboxylic acids is 1. The number of aryl methyl sites for hydroxylation is 1. The minimum Gasteiger partial charge on any atom is -0.479 e. The molecule has 1 aromatic heterocycles. The molecule has 0 saturated carbocycles. The Morgan fingerprint density at radius 3 is 2.33 bits per heavy atom. The molecule has 1 aliphatic carbocycles. The molecule has 1 aliphatic rings. The Kier molecular flexibility index (Phi) is 8.28. The van der Waals surface area contributed by atoms with Gasteiger partial charge in [0, 0.05) is 17.5 Å². The van der Waals surface area contributed by atoms with Gasteiger partial charge < -0.3 is 20.7 Å². The van der Waals surface area contributed by atoms with Crippen molar-refractivity contribution in [2.75, 3.05) is 0 Å². The van der Waals surface area contributed by atoms with Crippen molar-refractivity contribution in [3.05, 3.63) is 70.9 Å². The summed E-state index contributed by atoms with van der Waals surface area (Å²) in [5.41, 5.74) is -0.887. The maximum Gasteiger partial charge on any atom is 0.418 e. The van der Waals surface area contributed by atoms with Crippen molar-refractivity contribution < 1.29 is 32.7 Å². The van der Waals surface area contributed by atoms with E-state index >= 15 is 0 Å². The zero-order chi connectivity index (χ0) is 29.2. The number of aromatic amines is 1. The fourth-order valence-corrected chi connectivity index (χ4v) is 5.58. The average molecular weight is 558 g/mol. The molecule has 0 saturated heterocycles. The summed E-state index contributed by atoms with van der Waals surface area (Å²) in [4.78, 5) is 42.4. The van der Waals surface area contributed by atoms with E-state index in [4.69, 9.17) is 0 Å². The number of aromatic nitrogens is 1. The Hall–Kier alpha value is -3.82. The van der Waals surface area contributed by atoms with Gasteiger partial charge in [-0.15, -0.1) is 0 Å². The van der Waals surface area contributed by atoms with Gasteiger partial charge in [0.05, 0.1) is 17.0 Å². The summed E-state index contributed by atoms with van der Waals surface area (Å²) in [6, 6.07) is 12.0. The van der Waals surface area contributed by atoms with Crippen molar-refractivity contribution >= 4 is 28.7 Å². The molecule has 4 rings (SSSR count). The molecule has 0 radical (unpaired) electrons. The number of benzene rings is 2. The Bertz CT molecular complexity index is 1400. The lowest BCUT2D eigenvalue weighted by Gasteiger charge is -2.36. The van der Waals surface area contributed by atoms with Gasteiger partial charge in [-0.2, -0.15) is 13.2 Å². The largest absolute Gasteiger partial charge is 0.479 e. The Morgan fingerprint density at radius 2 is 1.73 bits per heavy atom.